The summed E-state index contributed by atoms with van der Waals surface area (Å²) < 4.78 is 0. The van der Waals surface area contributed by atoms with Crippen LogP contribution in [0.1, 0.15) is 13.8 Å². The van der Waals surface area contributed by atoms with Gasteiger partial charge in [0.25, 0.3) is 0 Å². The van der Waals surface area contributed by atoms with Gasteiger partial charge in [-0.1, -0.05) is 19.0 Å². The van der Waals surface area contributed by atoms with Gasteiger partial charge in [0, 0.05) is 17.5 Å². The first kappa shape index (κ1) is 10.6. The average Bonchev–Trinajstić information content (AvgIpc) is 1.96. The molecule has 12 heavy (non-hydrogen) atoms. The van der Waals surface area contributed by atoms with E-state index in [4.69, 9.17) is 10.6 Å². The number of carbonyl (C=O) groups is 1. The van der Waals surface area contributed by atoms with Gasteiger partial charge in [0.15, 0.2) is 0 Å². The molecule has 0 aromatic rings. The second kappa shape index (κ2) is 5.26. The number of carboxylic acid groups (broad SMARTS) is 1. The predicted molar refractivity (Wildman–Crippen MR) is 43.8 cm³/mol. The van der Waals surface area contributed by atoms with Crippen LogP contribution in [-0.2, 0) is 0 Å². The lowest BCUT2D eigenvalue weighted by Gasteiger charge is -2.17. The number of nitrogens with one attached hydrogen (secondary N) is 1. The molecular formula is C6H12N4O2. The summed E-state index contributed by atoms with van der Waals surface area (Å²) in [7, 11) is 0. The third-order valence-electron chi connectivity index (χ3n) is 1.46. The molecule has 0 saturated heterocycles. The van der Waals surface area contributed by atoms with Crippen LogP contribution in [0.2, 0.25) is 0 Å². The Morgan fingerprint density at radius 1 is 1.75 bits per heavy atom. The number of amides is 1. The van der Waals surface area contributed by atoms with Crippen LogP contribution in [0.5, 0.6) is 0 Å². The molecule has 0 aliphatic rings. The highest BCUT2D eigenvalue weighted by molar-refractivity contribution is 5.64. The molecule has 0 fully saturated rings. The van der Waals surface area contributed by atoms with Gasteiger partial charge in [-0.2, -0.15) is 0 Å². The lowest BCUT2D eigenvalue weighted by Crippen LogP contribution is -2.39. The molecule has 0 unspecified atom stereocenters. The van der Waals surface area contributed by atoms with Gasteiger partial charge in [-0.15, -0.1) is 0 Å². The van der Waals surface area contributed by atoms with Gasteiger partial charge in [0.1, 0.15) is 0 Å². The monoisotopic (exact) mass is 172 g/mol. The van der Waals surface area contributed by atoms with E-state index in [1.54, 1.807) is 0 Å². The third-order valence-corrected chi connectivity index (χ3v) is 1.46. The van der Waals surface area contributed by atoms with Gasteiger partial charge in [-0.25, -0.2) is 4.79 Å². The molecule has 2 N–H and O–H groups in total. The number of nitrogens with zero attached hydrogens (tertiary/aromatic N) is 3. The zero-order chi connectivity index (χ0) is 9.56. The van der Waals surface area contributed by atoms with Crippen LogP contribution in [0.25, 0.3) is 10.4 Å². The van der Waals surface area contributed by atoms with Gasteiger partial charge in [-0.3, -0.25) is 0 Å². The van der Waals surface area contributed by atoms with Crippen molar-refractivity contribution in [3.8, 4) is 0 Å². The summed E-state index contributed by atoms with van der Waals surface area (Å²) in [6, 6.07) is -0.307. The predicted octanol–water partition coefficient (Wildman–Crippen LogP) is 1.59. The summed E-state index contributed by atoms with van der Waals surface area (Å²) >= 11 is 0. The third kappa shape index (κ3) is 4.40. The summed E-state index contributed by atoms with van der Waals surface area (Å²) in [6.07, 6.45) is -1.10. The Morgan fingerprint density at radius 2 is 2.33 bits per heavy atom. The van der Waals surface area contributed by atoms with Crippen LogP contribution in [0, 0.1) is 5.92 Å². The Morgan fingerprint density at radius 3 is 2.67 bits per heavy atom. The topological polar surface area (TPSA) is 98.1 Å². The Balaban J connectivity index is 4.03. The highest BCUT2D eigenvalue weighted by Crippen LogP contribution is 2.01. The zero-order valence-corrected chi connectivity index (χ0v) is 7.06. The van der Waals surface area contributed by atoms with Crippen molar-refractivity contribution < 1.29 is 9.90 Å². The van der Waals surface area contributed by atoms with Crippen LogP contribution in [-0.4, -0.2) is 23.8 Å². The van der Waals surface area contributed by atoms with Gasteiger partial charge >= 0.3 is 6.09 Å². The average molecular weight is 172 g/mol. The highest BCUT2D eigenvalue weighted by Gasteiger charge is 2.13. The fourth-order valence-corrected chi connectivity index (χ4v) is 0.706. The smallest absolute Gasteiger partial charge is 0.404 e. The Hall–Kier alpha value is -1.42. The van der Waals surface area contributed by atoms with E-state index in [1.165, 1.54) is 0 Å². The Bertz CT molecular complexity index is 194. The van der Waals surface area contributed by atoms with E-state index in [0.717, 1.165) is 0 Å². The molecule has 0 spiro atoms. The van der Waals surface area contributed by atoms with Gasteiger partial charge in [-0.05, 0) is 11.4 Å². The fraction of sp³-hybridized carbons (Fsp3) is 0.833. The maximum absolute atomic E-state index is 10.2. The van der Waals surface area contributed by atoms with Gasteiger partial charge in [0.2, 0.25) is 0 Å². The second-order valence-corrected chi connectivity index (χ2v) is 2.71. The van der Waals surface area contributed by atoms with Crippen molar-refractivity contribution in [1.82, 2.24) is 5.32 Å². The van der Waals surface area contributed by atoms with E-state index in [0.29, 0.717) is 0 Å². The molecule has 1 amide bonds. The molecule has 1 atom stereocenters. The first-order valence-corrected chi connectivity index (χ1v) is 3.58. The van der Waals surface area contributed by atoms with Crippen molar-refractivity contribution >= 4 is 6.09 Å². The minimum atomic E-state index is -1.10. The maximum atomic E-state index is 10.2. The van der Waals surface area contributed by atoms with Crippen LogP contribution in [0.3, 0.4) is 0 Å². The summed E-state index contributed by atoms with van der Waals surface area (Å²) in [5.41, 5.74) is 8.01. The lowest BCUT2D eigenvalue weighted by molar-refractivity contribution is 0.186. The van der Waals surface area contributed by atoms with E-state index < -0.39 is 6.09 Å². The maximum Gasteiger partial charge on any atom is 0.404 e. The minimum Gasteiger partial charge on any atom is -0.465 e. The van der Waals surface area contributed by atoms with Crippen LogP contribution >= 0.6 is 0 Å². The van der Waals surface area contributed by atoms with Crippen molar-refractivity contribution in [2.75, 3.05) is 6.54 Å². The normalized spacial score (nSPS) is 11.9. The quantitative estimate of drug-likeness (QED) is 0.382. The van der Waals surface area contributed by atoms with E-state index >= 15 is 0 Å². The minimum absolute atomic E-state index is 0.117. The van der Waals surface area contributed by atoms with Crippen molar-refractivity contribution in [3.63, 3.8) is 0 Å². The molecule has 0 aromatic heterocycles. The van der Waals surface area contributed by atoms with E-state index in [2.05, 4.69) is 15.3 Å². The fourth-order valence-electron chi connectivity index (χ4n) is 0.706. The zero-order valence-electron chi connectivity index (χ0n) is 7.06. The molecule has 0 bridgehead atoms. The molecule has 0 rings (SSSR count). The number of azide groups is 1. The van der Waals surface area contributed by atoms with E-state index in [-0.39, 0.29) is 18.5 Å². The summed E-state index contributed by atoms with van der Waals surface area (Å²) in [5, 5.41) is 14.0. The van der Waals surface area contributed by atoms with Crippen molar-refractivity contribution in [2.24, 2.45) is 11.0 Å². The summed E-state index contributed by atoms with van der Waals surface area (Å²) in [6.45, 7) is 3.86. The van der Waals surface area contributed by atoms with Crippen LogP contribution < -0.4 is 5.32 Å². The van der Waals surface area contributed by atoms with Gasteiger partial charge < -0.3 is 10.4 Å². The molecule has 6 heteroatoms. The first-order chi connectivity index (χ1) is 5.57. The summed E-state index contributed by atoms with van der Waals surface area (Å²) in [4.78, 5) is 12.8. The molecule has 0 heterocycles. The largest absolute Gasteiger partial charge is 0.465 e. The Labute approximate surface area is 70.2 Å². The first-order valence-electron chi connectivity index (χ1n) is 3.58. The molecule has 0 aliphatic heterocycles. The number of hydrogen-bond donors (Lipinski definition) is 2. The van der Waals surface area contributed by atoms with E-state index in [9.17, 15) is 4.79 Å². The SMILES string of the molecule is CC(C)[C@@H](CN=[N+]=[N-])NC(=O)O. The second-order valence-electron chi connectivity index (χ2n) is 2.71. The highest BCUT2D eigenvalue weighted by atomic mass is 16.4. The molecule has 0 saturated carbocycles. The molecule has 0 aromatic carbocycles. The number of rotatable bonds is 4. The summed E-state index contributed by atoms with van der Waals surface area (Å²) in [5.74, 6) is 0.117. The van der Waals surface area contributed by atoms with Crippen molar-refractivity contribution in [1.29, 1.82) is 0 Å². The molecule has 6 nitrogen and oxygen atoms in total. The molecule has 0 radical (unpaired) electrons. The van der Waals surface area contributed by atoms with Crippen LogP contribution in [0.15, 0.2) is 5.11 Å². The van der Waals surface area contributed by atoms with Gasteiger partial charge in [0.05, 0.1) is 0 Å². The van der Waals surface area contributed by atoms with Crippen LogP contribution in [0.4, 0.5) is 4.79 Å². The molecule has 68 valence electrons. The van der Waals surface area contributed by atoms with E-state index in [1.807, 2.05) is 13.8 Å². The Kier molecular flexibility index (Phi) is 4.64. The molecule has 0 aliphatic carbocycles. The lowest BCUT2D eigenvalue weighted by atomic mass is 10.1. The van der Waals surface area contributed by atoms with Crippen molar-refractivity contribution in [2.45, 2.75) is 19.9 Å². The standard InChI is InChI=1S/C6H12N4O2/c1-4(2)5(3-8-10-7)9-6(11)12/h4-5,9H,3H2,1-2H3,(H,11,12)/t5-/m1/s1. The number of hydrogen-bond acceptors (Lipinski definition) is 2. The van der Waals surface area contributed by atoms with Crippen molar-refractivity contribution in [3.05, 3.63) is 10.4 Å². The molecular weight excluding hydrogens is 160 g/mol.